The van der Waals surface area contributed by atoms with Crippen LogP contribution in [0.15, 0.2) is 254 Å². The lowest BCUT2D eigenvalue weighted by Crippen LogP contribution is -2.34. The van der Waals surface area contributed by atoms with Crippen molar-refractivity contribution in [1.29, 1.82) is 0 Å². The second kappa shape index (κ2) is 21.0. The summed E-state index contributed by atoms with van der Waals surface area (Å²) in [5, 5.41) is 1.86. The zero-order valence-electron chi connectivity index (χ0n) is 46.7. The number of ether oxygens (including phenoxy) is 4. The Bertz CT molecular complexity index is 4210. The Hall–Kier alpha value is -10.2. The molecule has 3 aliphatic carbocycles. The van der Waals surface area contributed by atoms with Crippen molar-refractivity contribution < 1.29 is 38.1 Å². The minimum Gasteiger partial charge on any atom is -0.451 e. The highest BCUT2D eigenvalue weighted by Crippen LogP contribution is 2.58. The van der Waals surface area contributed by atoms with Crippen LogP contribution < -0.4 is 14.2 Å². The second-order valence-corrected chi connectivity index (χ2v) is 22.0. The van der Waals surface area contributed by atoms with Crippen LogP contribution in [0.25, 0.3) is 39.1 Å². The third kappa shape index (κ3) is 9.32. The smallest absolute Gasteiger partial charge is 0.339 e. The molecular weight excluding hydrogens is 1030 g/mol. The van der Waals surface area contributed by atoms with Gasteiger partial charge in [-0.15, -0.1) is 0 Å². The maximum Gasteiger partial charge on any atom is 0.339 e. The van der Waals surface area contributed by atoms with Crippen molar-refractivity contribution in [3.63, 3.8) is 0 Å². The summed E-state index contributed by atoms with van der Waals surface area (Å²) in [6.07, 6.45) is 7.68. The Kier molecular flexibility index (Phi) is 13.6. The molecule has 12 rings (SSSR count). The maximum absolute atomic E-state index is 13.6. The Balaban J connectivity index is 0.773. The average molecular weight is 1090 g/mol. The van der Waals surface area contributed by atoms with Gasteiger partial charge in [-0.2, -0.15) is 0 Å². The van der Waals surface area contributed by atoms with Gasteiger partial charge in [0.25, 0.3) is 0 Å². The molecule has 0 amide bonds. The molecule has 9 aromatic carbocycles. The van der Waals surface area contributed by atoms with Crippen LogP contribution in [0.2, 0.25) is 0 Å². The fourth-order valence-corrected chi connectivity index (χ4v) is 12.3. The summed E-state index contributed by atoms with van der Waals surface area (Å²) in [6, 6.07) is 67.8. The molecule has 8 heteroatoms. The number of hydrogen-bond donors (Lipinski definition) is 0. The van der Waals surface area contributed by atoms with Crippen LogP contribution in [-0.4, -0.2) is 29.5 Å². The molecule has 0 saturated heterocycles. The second-order valence-electron chi connectivity index (χ2n) is 22.0. The van der Waals surface area contributed by atoms with E-state index in [1.807, 2.05) is 73.7 Å². The number of fused-ring (bicyclic) bond motifs is 8. The summed E-state index contributed by atoms with van der Waals surface area (Å²) in [5.41, 5.74) is 14.4. The highest BCUT2D eigenvalue weighted by Gasteiger charge is 2.48. The number of esters is 4. The molecule has 0 heterocycles. The molecule has 0 aliphatic heterocycles. The Labute approximate surface area is 483 Å². The molecule has 1 unspecified atom stereocenters. The van der Waals surface area contributed by atoms with E-state index in [0.29, 0.717) is 40.4 Å². The largest absolute Gasteiger partial charge is 0.451 e. The van der Waals surface area contributed by atoms with Crippen molar-refractivity contribution in [3.8, 4) is 39.5 Å². The minimum absolute atomic E-state index is 0.284. The molecule has 83 heavy (non-hydrogen) atoms. The third-order valence-corrected chi connectivity index (χ3v) is 16.3. The molecule has 0 spiro atoms. The van der Waals surface area contributed by atoms with E-state index >= 15 is 0 Å². The molecule has 0 saturated carbocycles. The van der Waals surface area contributed by atoms with Gasteiger partial charge in [0.05, 0.1) is 10.8 Å². The number of carbonyl (C=O) groups is 4. The van der Waals surface area contributed by atoms with E-state index in [1.54, 1.807) is 70.2 Å². The van der Waals surface area contributed by atoms with Crippen LogP contribution in [0.5, 0.6) is 17.2 Å². The van der Waals surface area contributed by atoms with Gasteiger partial charge >= 0.3 is 23.9 Å². The summed E-state index contributed by atoms with van der Waals surface area (Å²) in [6.45, 7) is 16.0. The van der Waals surface area contributed by atoms with Gasteiger partial charge in [-0.3, -0.25) is 0 Å². The quantitative estimate of drug-likeness (QED) is 0.0487. The van der Waals surface area contributed by atoms with Crippen LogP contribution >= 0.6 is 0 Å². The molecule has 3 aliphatic rings. The number of hydrogen-bond acceptors (Lipinski definition) is 8. The Morgan fingerprint density at radius 3 is 1.30 bits per heavy atom. The Morgan fingerprint density at radius 1 is 0.422 bits per heavy atom. The summed E-state index contributed by atoms with van der Waals surface area (Å²) in [7, 11) is 0. The highest BCUT2D eigenvalue weighted by atomic mass is 16.6. The van der Waals surface area contributed by atoms with Gasteiger partial charge < -0.3 is 18.9 Å². The third-order valence-electron chi connectivity index (χ3n) is 16.3. The van der Waals surface area contributed by atoms with Crippen LogP contribution in [0, 0.1) is 0 Å². The van der Waals surface area contributed by atoms with E-state index < -0.39 is 40.3 Å². The van der Waals surface area contributed by atoms with Gasteiger partial charge in [0, 0.05) is 28.7 Å². The first-order chi connectivity index (χ1) is 40.1. The minimum atomic E-state index is -0.798. The van der Waals surface area contributed by atoms with E-state index in [1.165, 1.54) is 22.3 Å². The van der Waals surface area contributed by atoms with Gasteiger partial charge in [0.2, 0.25) is 0 Å². The van der Waals surface area contributed by atoms with Crippen LogP contribution in [0.3, 0.4) is 0 Å². The normalized spacial score (nSPS) is 15.9. The van der Waals surface area contributed by atoms with Crippen molar-refractivity contribution in [2.75, 3.05) is 0 Å². The zero-order valence-corrected chi connectivity index (χ0v) is 46.7. The van der Waals surface area contributed by atoms with Gasteiger partial charge in [0.15, 0.2) is 0 Å². The standard InChI is InChI=1S/C75H58O8/c1-46(2)69(76)80-58-36-31-54(32-37-58)74(65-20-12-8-16-61(65)62-17-9-13-21-66(62)74)55-33-38-59(39-34-55)81-71(78)48(5)24-25-49(6)72(79)82-60-35-28-50-42-56(29-26-51(50)44-60)75(67-22-14-10-18-63(67)64-19-11-15-23-68(64)75)57-30-27-53-45-73(7,41-40-52(53)43-57)83-70(77)47(3)4/h8-44H,1,3,45H2,2,4-7H3/b48-24+,49-25-. The van der Waals surface area contributed by atoms with Crippen LogP contribution in [0.4, 0.5) is 0 Å². The first-order valence-corrected chi connectivity index (χ1v) is 27.6. The molecular formula is C75H58O8. The molecule has 1 atom stereocenters. The predicted molar refractivity (Wildman–Crippen MR) is 326 cm³/mol. The number of benzene rings is 9. The SMILES string of the molecule is C=C(C)C(=O)Oc1ccc(C2(c3ccc(OC(=O)/C(C)=C/C=C(/C)C(=O)Oc4ccc5cc(C6(c7ccc8c(c7)C=CC(C)(OC(=O)C(=C)C)C8)c7ccccc7-c7ccccc76)ccc5c4)cc3)c3ccccc3-c3ccccc32)cc1. The topological polar surface area (TPSA) is 105 Å². The lowest BCUT2D eigenvalue weighted by Gasteiger charge is -2.36. The van der Waals surface area contributed by atoms with E-state index in [4.69, 9.17) is 18.9 Å². The summed E-state index contributed by atoms with van der Waals surface area (Å²) >= 11 is 0. The number of rotatable bonds is 13. The van der Waals surface area contributed by atoms with Gasteiger partial charge in [-0.05, 0) is 178 Å². The van der Waals surface area contributed by atoms with Crippen LogP contribution in [-0.2, 0) is 41.2 Å². The molecule has 406 valence electrons. The van der Waals surface area contributed by atoms with Gasteiger partial charge in [0.1, 0.15) is 22.8 Å². The maximum atomic E-state index is 13.6. The fraction of sp³-hybridized carbons (Fsp3) is 0.120. The molecule has 0 N–H and O–H groups in total. The van der Waals surface area contributed by atoms with Gasteiger partial charge in [-0.25, -0.2) is 19.2 Å². The van der Waals surface area contributed by atoms with Crippen LogP contribution in [0.1, 0.15) is 90.3 Å². The molecule has 9 aromatic rings. The molecule has 0 aromatic heterocycles. The Morgan fingerprint density at radius 2 is 0.807 bits per heavy atom. The number of allylic oxidation sites excluding steroid dienone is 2. The van der Waals surface area contributed by atoms with Gasteiger partial charge in [-0.1, -0.05) is 183 Å². The van der Waals surface area contributed by atoms with Crippen molar-refractivity contribution in [2.24, 2.45) is 0 Å². The molecule has 8 nitrogen and oxygen atoms in total. The summed E-state index contributed by atoms with van der Waals surface area (Å²) in [4.78, 5) is 52.2. The molecule has 0 radical (unpaired) electrons. The average Bonchev–Trinajstić information content (AvgIpc) is 1.71. The fourth-order valence-electron chi connectivity index (χ4n) is 12.3. The monoisotopic (exact) mass is 1090 g/mol. The molecule has 0 fully saturated rings. The summed E-state index contributed by atoms with van der Waals surface area (Å²) < 4.78 is 23.3. The lowest BCUT2D eigenvalue weighted by atomic mass is 9.66. The van der Waals surface area contributed by atoms with Crippen molar-refractivity contribution in [3.05, 3.63) is 310 Å². The van der Waals surface area contributed by atoms with E-state index in [9.17, 15) is 19.2 Å². The lowest BCUT2D eigenvalue weighted by molar-refractivity contribution is -0.148. The van der Waals surface area contributed by atoms with E-state index in [0.717, 1.165) is 66.4 Å². The predicted octanol–water partition coefficient (Wildman–Crippen LogP) is 15.9. The van der Waals surface area contributed by atoms with E-state index in [2.05, 4.69) is 128 Å². The first kappa shape index (κ1) is 53.5. The summed E-state index contributed by atoms with van der Waals surface area (Å²) in [5.74, 6) is -0.891. The zero-order chi connectivity index (χ0) is 57.8. The molecule has 0 bridgehead atoms. The van der Waals surface area contributed by atoms with Crippen molar-refractivity contribution in [2.45, 2.75) is 57.5 Å². The van der Waals surface area contributed by atoms with Crippen molar-refractivity contribution in [1.82, 2.24) is 0 Å². The highest BCUT2D eigenvalue weighted by molar-refractivity contribution is 5.95. The van der Waals surface area contributed by atoms with Crippen molar-refractivity contribution >= 4 is 40.7 Å². The number of carbonyl (C=O) groups excluding carboxylic acids is 4. The van der Waals surface area contributed by atoms with E-state index in [-0.39, 0.29) is 5.57 Å². The first-order valence-electron chi connectivity index (χ1n) is 27.6.